The van der Waals surface area contributed by atoms with Crippen molar-refractivity contribution in [3.8, 4) is 11.3 Å². The normalized spacial score (nSPS) is 11.4. The summed E-state index contributed by atoms with van der Waals surface area (Å²) >= 11 is 1.65. The van der Waals surface area contributed by atoms with Crippen LogP contribution in [-0.4, -0.2) is 4.98 Å². The van der Waals surface area contributed by atoms with E-state index in [0.29, 0.717) is 0 Å². The summed E-state index contributed by atoms with van der Waals surface area (Å²) in [7, 11) is 0. The maximum atomic E-state index is 13.0. The van der Waals surface area contributed by atoms with Crippen molar-refractivity contribution in [3.63, 3.8) is 0 Å². The molecule has 0 fully saturated rings. The van der Waals surface area contributed by atoms with Crippen LogP contribution in [0, 0.1) is 5.82 Å². The van der Waals surface area contributed by atoms with Crippen LogP contribution in [0.3, 0.4) is 0 Å². The molecule has 4 aromatic rings. The summed E-state index contributed by atoms with van der Waals surface area (Å²) in [5.74, 6) is -0.209. The van der Waals surface area contributed by atoms with Crippen LogP contribution in [0.1, 0.15) is 0 Å². The van der Waals surface area contributed by atoms with Gasteiger partial charge in [0.15, 0.2) is 16.7 Å². The molecule has 4 heteroatoms. The molecule has 4 rings (SSSR count). The van der Waals surface area contributed by atoms with Gasteiger partial charge in [0.1, 0.15) is 5.82 Å². The lowest BCUT2D eigenvalue weighted by atomic mass is 10.2. The summed E-state index contributed by atoms with van der Waals surface area (Å²) in [4.78, 5) is 4.47. The van der Waals surface area contributed by atoms with Gasteiger partial charge in [0.05, 0.1) is 0 Å². The third-order valence-corrected chi connectivity index (χ3v) is 4.10. The molecule has 1 N–H and O–H groups in total. The Hall–Kier alpha value is -2.20. The largest absolute Gasteiger partial charge is 0.344 e. The van der Waals surface area contributed by atoms with Gasteiger partial charge in [-0.25, -0.2) is 9.37 Å². The second-order valence-electron chi connectivity index (χ2n) is 4.41. The number of H-pyrrole nitrogens is 1. The first-order chi connectivity index (χ1) is 9.33. The van der Waals surface area contributed by atoms with E-state index in [0.717, 1.165) is 27.3 Å². The molecule has 0 saturated carbocycles. The molecule has 0 spiro atoms. The third kappa shape index (κ3) is 1.57. The lowest BCUT2D eigenvalue weighted by Crippen LogP contribution is -2.19. The monoisotopic (exact) mass is 269 g/mol. The Bertz CT molecular complexity index is 874. The Morgan fingerprint density at radius 3 is 2.63 bits per heavy atom. The van der Waals surface area contributed by atoms with Crippen LogP contribution in [0.25, 0.3) is 27.3 Å². The molecule has 0 aliphatic heterocycles. The minimum atomic E-state index is -0.209. The predicted octanol–water partition coefficient (Wildman–Crippen LogP) is 3.77. The molecule has 2 aromatic carbocycles. The summed E-state index contributed by atoms with van der Waals surface area (Å²) in [6, 6.07) is 14.8. The zero-order chi connectivity index (χ0) is 12.8. The standard InChI is InChI=1S/C15H9FN2S/c16-11-7-5-10(6-8-11)14-9-19-15-17-12-3-1-2-4-13(12)18(14)15/h1-9H/p+1. The highest BCUT2D eigenvalue weighted by Crippen LogP contribution is 2.23. The molecule has 0 amide bonds. The number of fused-ring (bicyclic) bond motifs is 3. The topological polar surface area (TPSA) is 19.9 Å². The van der Waals surface area contributed by atoms with Crippen LogP contribution in [-0.2, 0) is 0 Å². The fourth-order valence-corrected chi connectivity index (χ4v) is 3.29. The van der Waals surface area contributed by atoms with Gasteiger partial charge in [-0.15, -0.1) is 0 Å². The summed E-state index contributed by atoms with van der Waals surface area (Å²) in [6.45, 7) is 0. The Balaban J connectivity index is 2.06. The Kier molecular flexibility index (Phi) is 2.19. The number of nitrogens with one attached hydrogen (secondary N) is 1. The van der Waals surface area contributed by atoms with Crippen LogP contribution in [0.5, 0.6) is 0 Å². The maximum Gasteiger partial charge on any atom is 0.344 e. The highest BCUT2D eigenvalue weighted by atomic mass is 32.1. The zero-order valence-electron chi connectivity index (χ0n) is 9.93. The third-order valence-electron chi connectivity index (χ3n) is 3.25. The zero-order valence-corrected chi connectivity index (χ0v) is 10.7. The molecule has 0 saturated heterocycles. The molecule has 92 valence electrons. The summed E-state index contributed by atoms with van der Waals surface area (Å²) in [6.07, 6.45) is 0. The first-order valence-corrected chi connectivity index (χ1v) is 6.87. The fraction of sp³-hybridized carbons (Fsp3) is 0. The number of aromatic nitrogens is 2. The lowest BCUT2D eigenvalue weighted by Gasteiger charge is -1.96. The van der Waals surface area contributed by atoms with Crippen LogP contribution in [0.2, 0.25) is 0 Å². The van der Waals surface area contributed by atoms with Crippen molar-refractivity contribution >= 4 is 27.3 Å². The molecule has 0 radical (unpaired) electrons. The van der Waals surface area contributed by atoms with Crippen LogP contribution < -0.4 is 4.40 Å². The van der Waals surface area contributed by atoms with E-state index in [1.165, 1.54) is 12.1 Å². The van der Waals surface area contributed by atoms with E-state index in [9.17, 15) is 4.39 Å². The van der Waals surface area contributed by atoms with E-state index in [2.05, 4.69) is 26.9 Å². The van der Waals surface area contributed by atoms with Gasteiger partial charge in [0.25, 0.3) is 0 Å². The van der Waals surface area contributed by atoms with E-state index in [4.69, 9.17) is 0 Å². The Morgan fingerprint density at radius 2 is 1.79 bits per heavy atom. The van der Waals surface area contributed by atoms with Crippen molar-refractivity contribution in [1.29, 1.82) is 0 Å². The van der Waals surface area contributed by atoms with Gasteiger partial charge in [-0.1, -0.05) is 23.5 Å². The van der Waals surface area contributed by atoms with Crippen molar-refractivity contribution in [2.45, 2.75) is 0 Å². The van der Waals surface area contributed by atoms with Crippen molar-refractivity contribution in [3.05, 3.63) is 59.7 Å². The van der Waals surface area contributed by atoms with Crippen molar-refractivity contribution in [2.75, 3.05) is 0 Å². The van der Waals surface area contributed by atoms with E-state index in [1.54, 1.807) is 11.3 Å². The molecule has 0 aliphatic rings. The highest BCUT2D eigenvalue weighted by molar-refractivity contribution is 7.15. The van der Waals surface area contributed by atoms with Crippen molar-refractivity contribution in [2.24, 2.45) is 0 Å². The average molecular weight is 269 g/mol. The molecule has 0 aliphatic carbocycles. The average Bonchev–Trinajstić information content (AvgIpc) is 2.98. The number of rotatable bonds is 1. The predicted molar refractivity (Wildman–Crippen MR) is 74.7 cm³/mol. The molecule has 0 unspecified atom stereocenters. The van der Waals surface area contributed by atoms with Crippen molar-refractivity contribution < 1.29 is 8.79 Å². The lowest BCUT2D eigenvalue weighted by molar-refractivity contribution is -0.463. The summed E-state index contributed by atoms with van der Waals surface area (Å²) < 4.78 is 15.2. The second-order valence-corrected chi connectivity index (χ2v) is 5.27. The van der Waals surface area contributed by atoms with Crippen LogP contribution in [0.15, 0.2) is 53.9 Å². The number of halogens is 1. The van der Waals surface area contributed by atoms with E-state index in [-0.39, 0.29) is 5.82 Å². The quantitative estimate of drug-likeness (QED) is 0.508. The number of para-hydroxylation sites is 2. The number of hydrogen-bond acceptors (Lipinski definition) is 1. The number of imidazole rings is 1. The molecular formula is C15H10FN2S+. The molecule has 2 nitrogen and oxygen atoms in total. The fourth-order valence-electron chi connectivity index (χ4n) is 2.36. The van der Waals surface area contributed by atoms with E-state index in [1.807, 2.05) is 24.3 Å². The van der Waals surface area contributed by atoms with Crippen molar-refractivity contribution in [1.82, 2.24) is 4.98 Å². The Morgan fingerprint density at radius 1 is 1.00 bits per heavy atom. The molecule has 2 aromatic heterocycles. The maximum absolute atomic E-state index is 13.0. The van der Waals surface area contributed by atoms with Crippen LogP contribution >= 0.6 is 11.3 Å². The molecule has 0 atom stereocenters. The smallest absolute Gasteiger partial charge is 0.227 e. The van der Waals surface area contributed by atoms with Gasteiger partial charge >= 0.3 is 4.96 Å². The molecule has 0 bridgehead atoms. The number of benzene rings is 2. The van der Waals surface area contributed by atoms with Gasteiger partial charge in [0, 0.05) is 10.9 Å². The minimum Gasteiger partial charge on any atom is -0.227 e. The van der Waals surface area contributed by atoms with E-state index < -0.39 is 0 Å². The SMILES string of the molecule is Fc1ccc(-c2csc3[nH]c4ccccc4[n+]23)cc1. The van der Waals surface area contributed by atoms with Gasteiger partial charge in [0.2, 0.25) is 0 Å². The first-order valence-electron chi connectivity index (χ1n) is 5.99. The summed E-state index contributed by atoms with van der Waals surface area (Å²) in [5, 5.41) is 2.09. The second kappa shape index (κ2) is 3.90. The number of nitrogens with zero attached hydrogens (tertiary/aromatic N) is 1. The summed E-state index contributed by atoms with van der Waals surface area (Å²) in [5.41, 5.74) is 4.34. The number of hydrogen-bond donors (Lipinski definition) is 1. The number of aromatic amines is 1. The Labute approximate surface area is 112 Å². The molecular weight excluding hydrogens is 259 g/mol. The van der Waals surface area contributed by atoms with E-state index >= 15 is 0 Å². The van der Waals surface area contributed by atoms with Gasteiger partial charge in [-0.2, -0.15) is 4.40 Å². The number of thiazole rings is 1. The molecule has 2 heterocycles. The van der Waals surface area contributed by atoms with Gasteiger partial charge < -0.3 is 0 Å². The van der Waals surface area contributed by atoms with Crippen LogP contribution in [0.4, 0.5) is 4.39 Å². The van der Waals surface area contributed by atoms with Gasteiger partial charge in [-0.05, 0) is 36.4 Å². The highest BCUT2D eigenvalue weighted by Gasteiger charge is 2.18. The minimum absolute atomic E-state index is 0.209. The molecule has 19 heavy (non-hydrogen) atoms. The first kappa shape index (κ1) is 10.7. The van der Waals surface area contributed by atoms with Gasteiger partial charge in [-0.3, -0.25) is 0 Å².